The van der Waals surface area contributed by atoms with E-state index in [2.05, 4.69) is 45.3 Å². The lowest BCUT2D eigenvalue weighted by atomic mass is 9.99. The molecular weight excluding hydrogens is 850 g/mol. The van der Waals surface area contributed by atoms with Gasteiger partial charge < -0.3 is 30.7 Å². The Kier molecular flexibility index (Phi) is 16.3. The number of carbonyl (C=O) groups is 6. The predicted octanol–water partition coefficient (Wildman–Crippen LogP) is 4.96. The van der Waals surface area contributed by atoms with Gasteiger partial charge in [-0.1, -0.05) is 42.6 Å². The van der Waals surface area contributed by atoms with Gasteiger partial charge in [-0.25, -0.2) is 0 Å². The van der Waals surface area contributed by atoms with Crippen LogP contribution in [0.15, 0.2) is 47.5 Å². The molecule has 1 saturated heterocycles. The number of thiophene rings is 1. The van der Waals surface area contributed by atoms with E-state index in [1.165, 1.54) is 9.78 Å². The van der Waals surface area contributed by atoms with E-state index < -0.39 is 18.0 Å². The molecule has 2 aromatic heterocycles. The molecule has 7 rings (SSSR count). The van der Waals surface area contributed by atoms with E-state index in [1.807, 2.05) is 35.8 Å². The number of carboxylic acid groups (broad SMARTS) is 1. The van der Waals surface area contributed by atoms with Crippen molar-refractivity contribution in [2.24, 2.45) is 4.99 Å². The van der Waals surface area contributed by atoms with Crippen molar-refractivity contribution < 1.29 is 38.6 Å². The third-order valence-corrected chi connectivity index (χ3v) is 12.5. The van der Waals surface area contributed by atoms with Crippen molar-refractivity contribution in [3.8, 4) is 5.00 Å². The Morgan fingerprint density at radius 1 is 0.984 bits per heavy atom. The number of halogens is 1. The quantitative estimate of drug-likeness (QED) is 0.0510. The van der Waals surface area contributed by atoms with Gasteiger partial charge in [0.15, 0.2) is 5.82 Å². The highest BCUT2D eigenvalue weighted by Crippen LogP contribution is 2.40. The van der Waals surface area contributed by atoms with Crippen LogP contribution in [0.5, 0.6) is 0 Å². The molecule has 3 aliphatic heterocycles. The van der Waals surface area contributed by atoms with Crippen molar-refractivity contribution in [1.29, 1.82) is 0 Å². The lowest BCUT2D eigenvalue weighted by molar-refractivity contribution is -0.137. The maximum Gasteiger partial charge on any atom is 0.290 e. The van der Waals surface area contributed by atoms with Crippen molar-refractivity contribution in [3.63, 3.8) is 0 Å². The minimum absolute atomic E-state index is 0.110. The van der Waals surface area contributed by atoms with Gasteiger partial charge in [-0.15, -0.1) is 21.5 Å². The van der Waals surface area contributed by atoms with Gasteiger partial charge in [-0.3, -0.25) is 43.6 Å². The standard InChI is InChI=1S/C43H50ClN9O6S.CH2O2/c1-25-26(2)60-43-38(25)39(28-12-14-29(44)15-13-28)48-33(40-51-50-27(3)53(40)43)23-37(56)46-20-22-59-21-19-45-18-7-5-4-6-11-35(54)47-32-10-8-9-30-31(32)24-52(42(30)58)34-16-17-36(55)49-41(34)57;2-1-3/h8-10,12-15,33-34,45H,4-7,11,16-24H2,1-3H3,(H,46,56)(H,47,54)(H,49,55,57);1H,(H,2,3)/t33-,34?;/m0./s1. The van der Waals surface area contributed by atoms with Crippen molar-refractivity contribution in [2.45, 2.75) is 90.8 Å². The van der Waals surface area contributed by atoms with Crippen molar-refractivity contribution >= 4 is 70.3 Å². The zero-order valence-corrected chi connectivity index (χ0v) is 37.1. The summed E-state index contributed by atoms with van der Waals surface area (Å²) in [5.74, 6) is 0.0365. The van der Waals surface area contributed by atoms with Gasteiger partial charge in [-0.05, 0) is 76.4 Å². The van der Waals surface area contributed by atoms with Crippen molar-refractivity contribution in [3.05, 3.63) is 91.8 Å². The van der Waals surface area contributed by atoms with Gasteiger partial charge in [0.25, 0.3) is 12.4 Å². The first kappa shape index (κ1) is 46.7. The first-order chi connectivity index (χ1) is 30.4. The van der Waals surface area contributed by atoms with E-state index in [0.29, 0.717) is 60.4 Å². The van der Waals surface area contributed by atoms with E-state index in [1.54, 1.807) is 29.5 Å². The average molecular weight is 902 g/mol. The molecule has 19 heteroatoms. The largest absolute Gasteiger partial charge is 0.483 e. The number of hydrogen-bond acceptors (Lipinski definition) is 12. The number of aliphatic imine (C=N–C) groups is 1. The maximum absolute atomic E-state index is 13.2. The molecule has 2 atom stereocenters. The van der Waals surface area contributed by atoms with Crippen LogP contribution in [0, 0.1) is 20.8 Å². The molecule has 334 valence electrons. The van der Waals surface area contributed by atoms with Gasteiger partial charge in [0.05, 0.1) is 25.3 Å². The molecule has 0 bridgehead atoms. The Morgan fingerprint density at radius 3 is 2.49 bits per heavy atom. The molecule has 2 aromatic carbocycles. The molecule has 63 heavy (non-hydrogen) atoms. The molecule has 4 aromatic rings. The highest BCUT2D eigenvalue weighted by molar-refractivity contribution is 7.15. The van der Waals surface area contributed by atoms with E-state index in [4.69, 9.17) is 31.2 Å². The molecule has 1 fully saturated rings. The zero-order valence-electron chi connectivity index (χ0n) is 35.5. The summed E-state index contributed by atoms with van der Waals surface area (Å²) in [6.45, 7) is 8.84. The Labute approximate surface area is 374 Å². The Hall–Kier alpha value is -5.82. The van der Waals surface area contributed by atoms with Crippen LogP contribution in [-0.4, -0.2) is 105 Å². The number of unbranched alkanes of at least 4 members (excludes halogenated alkanes) is 3. The number of fused-ring (bicyclic) bond motifs is 4. The van der Waals surface area contributed by atoms with Crippen LogP contribution in [-0.2, 0) is 35.3 Å². The molecule has 5 amide bonds. The van der Waals surface area contributed by atoms with Crippen molar-refractivity contribution in [2.75, 3.05) is 38.2 Å². The number of aromatic nitrogens is 3. The van der Waals surface area contributed by atoms with Crippen LogP contribution < -0.4 is 21.3 Å². The van der Waals surface area contributed by atoms with Crippen LogP contribution in [0.2, 0.25) is 5.02 Å². The van der Waals surface area contributed by atoms with Crippen LogP contribution in [0.1, 0.15) is 107 Å². The average Bonchev–Trinajstić information content (AvgIpc) is 3.87. The number of amides is 5. The van der Waals surface area contributed by atoms with E-state index in [0.717, 1.165) is 65.5 Å². The summed E-state index contributed by atoms with van der Waals surface area (Å²) in [6.07, 6.45) is 4.52. The summed E-state index contributed by atoms with van der Waals surface area (Å²) in [4.78, 5) is 79.2. The number of imide groups is 1. The number of carbonyl (C=O) groups excluding carboxylic acids is 5. The lowest BCUT2D eigenvalue weighted by Crippen LogP contribution is -2.52. The van der Waals surface area contributed by atoms with E-state index in [9.17, 15) is 24.0 Å². The number of piperidine rings is 1. The van der Waals surface area contributed by atoms with Crippen molar-refractivity contribution in [1.82, 2.24) is 35.6 Å². The zero-order chi connectivity index (χ0) is 45.0. The molecule has 3 aliphatic rings. The fourth-order valence-electron chi connectivity index (χ4n) is 7.82. The number of benzene rings is 2. The number of rotatable bonds is 18. The monoisotopic (exact) mass is 901 g/mol. The number of ether oxygens (including phenoxy) is 1. The normalized spacial score (nSPS) is 16.5. The summed E-state index contributed by atoms with van der Waals surface area (Å²) < 4.78 is 7.79. The number of anilines is 1. The molecule has 17 nitrogen and oxygen atoms in total. The van der Waals surface area contributed by atoms with Crippen LogP contribution in [0.3, 0.4) is 0 Å². The third-order valence-electron chi connectivity index (χ3n) is 11.1. The van der Waals surface area contributed by atoms with Crippen LogP contribution in [0.4, 0.5) is 5.69 Å². The number of nitrogens with zero attached hydrogens (tertiary/aromatic N) is 5. The first-order valence-corrected chi connectivity index (χ1v) is 22.2. The Bertz CT molecular complexity index is 2360. The van der Waals surface area contributed by atoms with Gasteiger partial charge in [-0.2, -0.15) is 0 Å². The minimum atomic E-state index is -0.704. The molecule has 0 radical (unpaired) electrons. The summed E-state index contributed by atoms with van der Waals surface area (Å²) in [5.41, 5.74) is 5.61. The summed E-state index contributed by atoms with van der Waals surface area (Å²) in [6, 6.07) is 11.6. The van der Waals surface area contributed by atoms with E-state index in [-0.39, 0.29) is 55.9 Å². The number of hydrogen-bond donors (Lipinski definition) is 5. The molecule has 0 saturated carbocycles. The fraction of sp³-hybridized carbons (Fsp3) is 0.432. The highest BCUT2D eigenvalue weighted by atomic mass is 35.5. The van der Waals surface area contributed by atoms with E-state index >= 15 is 0 Å². The summed E-state index contributed by atoms with van der Waals surface area (Å²) in [7, 11) is 0. The maximum atomic E-state index is 13.2. The van der Waals surface area contributed by atoms with Gasteiger partial charge in [0, 0.05) is 70.3 Å². The Morgan fingerprint density at radius 2 is 1.73 bits per heavy atom. The number of aryl methyl sites for hydroxylation is 2. The summed E-state index contributed by atoms with van der Waals surface area (Å²) in [5, 5.41) is 29.0. The topological polar surface area (TPSA) is 226 Å². The summed E-state index contributed by atoms with van der Waals surface area (Å²) >= 11 is 7.89. The SMILES string of the molecule is Cc1sc2c(c1C)C(c1ccc(Cl)cc1)=N[C@@H](CC(=O)NCCOCCNCCCCCCC(=O)Nc1cccc3c1CN(C1CCC(=O)NC1=O)C3=O)c1nnc(C)n1-2.O=CO. The van der Waals surface area contributed by atoms with Gasteiger partial charge in [0.2, 0.25) is 23.6 Å². The first-order valence-electron chi connectivity index (χ1n) is 21.0. The molecular formula is C44H52ClN9O8S. The van der Waals surface area contributed by atoms with Crippen LogP contribution >= 0.6 is 22.9 Å². The second-order valence-corrected chi connectivity index (χ2v) is 17.0. The fourth-order valence-corrected chi connectivity index (χ4v) is 9.16. The van der Waals surface area contributed by atoms with Crippen LogP contribution in [0.25, 0.3) is 5.00 Å². The number of nitrogens with one attached hydrogen (secondary N) is 4. The molecule has 0 spiro atoms. The highest BCUT2D eigenvalue weighted by Gasteiger charge is 2.40. The molecule has 5 heterocycles. The third kappa shape index (κ3) is 11.4. The molecule has 0 aliphatic carbocycles. The second kappa shape index (κ2) is 22.0. The molecule has 5 N–H and O–H groups in total. The van der Waals surface area contributed by atoms with Gasteiger partial charge in [0.1, 0.15) is 22.9 Å². The minimum Gasteiger partial charge on any atom is -0.483 e. The lowest BCUT2D eigenvalue weighted by Gasteiger charge is -2.29. The van der Waals surface area contributed by atoms with Gasteiger partial charge >= 0.3 is 0 Å². The Balaban J connectivity index is 0.00000214. The smallest absolute Gasteiger partial charge is 0.290 e. The predicted molar refractivity (Wildman–Crippen MR) is 237 cm³/mol. The second-order valence-electron chi connectivity index (χ2n) is 15.4. The molecule has 1 unspecified atom stereocenters.